The first-order valence-corrected chi connectivity index (χ1v) is 18.5. The molecule has 0 aliphatic heterocycles. The highest BCUT2D eigenvalue weighted by Crippen LogP contribution is 2.14. The highest BCUT2D eigenvalue weighted by molar-refractivity contribution is 7.85. The zero-order valence-electron chi connectivity index (χ0n) is 26.2. The van der Waals surface area contributed by atoms with Crippen LogP contribution in [0.2, 0.25) is 0 Å². The molecule has 6 nitrogen and oxygen atoms in total. The molecule has 0 heterocycles. The van der Waals surface area contributed by atoms with Gasteiger partial charge in [-0.3, -0.25) is 9.35 Å². The van der Waals surface area contributed by atoms with Crippen molar-refractivity contribution in [3.63, 3.8) is 0 Å². The molecule has 0 fully saturated rings. The summed E-state index contributed by atoms with van der Waals surface area (Å²) in [5, 5.41) is 13.1. The Morgan fingerprint density at radius 1 is 0.650 bits per heavy atom. The number of allylic oxidation sites excluding steroid dienone is 1. The Labute approximate surface area is 248 Å². The number of aliphatic hydroxyl groups excluding tert-OH is 1. The maximum Gasteiger partial charge on any atom is 0.267 e. The minimum atomic E-state index is -4.33. The van der Waals surface area contributed by atoms with Gasteiger partial charge in [-0.1, -0.05) is 161 Å². The van der Waals surface area contributed by atoms with Crippen LogP contribution in [-0.2, 0) is 14.9 Å². The van der Waals surface area contributed by atoms with Gasteiger partial charge in [0.25, 0.3) is 10.1 Å². The standard InChI is InChI=1S/C33H65NO5S/c1-3-5-7-9-11-13-15-16-17-19-20-22-24-26-28-32(35)31(30-40(37,38)39)34-33(36)29-27-25-23-21-18-14-12-10-8-6-4-2/h26,28,31-32,35H,3-25,27,29-30H2,1-2H3,(H,34,36)(H,37,38,39)/b28-26+. The van der Waals surface area contributed by atoms with Crippen molar-refractivity contribution in [1.82, 2.24) is 5.32 Å². The normalized spacial score (nSPS) is 13.6. The summed E-state index contributed by atoms with van der Waals surface area (Å²) in [6.45, 7) is 4.48. The highest BCUT2D eigenvalue weighted by atomic mass is 32.2. The summed E-state index contributed by atoms with van der Waals surface area (Å²) in [6, 6.07) is -1.05. The molecule has 0 aromatic carbocycles. The molecular weight excluding hydrogens is 522 g/mol. The van der Waals surface area contributed by atoms with Crippen molar-refractivity contribution in [2.75, 3.05) is 5.75 Å². The smallest absolute Gasteiger partial charge is 0.267 e. The predicted octanol–water partition coefficient (Wildman–Crippen LogP) is 9.07. The number of rotatable bonds is 30. The van der Waals surface area contributed by atoms with Gasteiger partial charge in [-0.2, -0.15) is 8.42 Å². The van der Waals surface area contributed by atoms with E-state index in [2.05, 4.69) is 19.2 Å². The number of nitrogens with one attached hydrogen (secondary N) is 1. The van der Waals surface area contributed by atoms with E-state index in [1.165, 1.54) is 116 Å². The van der Waals surface area contributed by atoms with Crippen molar-refractivity contribution in [1.29, 1.82) is 0 Å². The van der Waals surface area contributed by atoms with Gasteiger partial charge in [-0.05, 0) is 19.3 Å². The van der Waals surface area contributed by atoms with Crippen molar-refractivity contribution >= 4 is 16.0 Å². The minimum Gasteiger partial charge on any atom is -0.387 e. The second kappa shape index (κ2) is 28.2. The van der Waals surface area contributed by atoms with Crippen LogP contribution in [0.25, 0.3) is 0 Å². The molecule has 0 radical (unpaired) electrons. The highest BCUT2D eigenvalue weighted by Gasteiger charge is 2.24. The molecule has 0 bridgehead atoms. The molecule has 0 aliphatic carbocycles. The van der Waals surface area contributed by atoms with Gasteiger partial charge >= 0.3 is 0 Å². The van der Waals surface area contributed by atoms with Crippen LogP contribution in [0.15, 0.2) is 12.2 Å². The van der Waals surface area contributed by atoms with Crippen molar-refractivity contribution in [2.24, 2.45) is 0 Å². The van der Waals surface area contributed by atoms with E-state index in [-0.39, 0.29) is 5.91 Å². The first kappa shape index (κ1) is 39.1. The molecule has 238 valence electrons. The molecule has 1 amide bonds. The molecule has 0 aromatic rings. The lowest BCUT2D eigenvalue weighted by Crippen LogP contribution is -2.46. The summed E-state index contributed by atoms with van der Waals surface area (Å²) >= 11 is 0. The summed E-state index contributed by atoms with van der Waals surface area (Å²) in [5.74, 6) is -0.973. The van der Waals surface area contributed by atoms with E-state index in [1.807, 2.05) is 6.08 Å². The molecule has 2 unspecified atom stereocenters. The topological polar surface area (TPSA) is 104 Å². The molecule has 7 heteroatoms. The lowest BCUT2D eigenvalue weighted by molar-refractivity contribution is -0.122. The van der Waals surface area contributed by atoms with Gasteiger partial charge in [-0.15, -0.1) is 0 Å². The number of carbonyl (C=O) groups is 1. The first-order valence-electron chi connectivity index (χ1n) is 16.9. The Bertz CT molecular complexity index is 695. The lowest BCUT2D eigenvalue weighted by atomic mass is 10.0. The number of amides is 1. The summed E-state index contributed by atoms with van der Waals surface area (Å²) in [6.07, 6.45) is 31.9. The zero-order chi connectivity index (χ0) is 29.7. The van der Waals surface area contributed by atoms with Crippen LogP contribution < -0.4 is 5.32 Å². The zero-order valence-corrected chi connectivity index (χ0v) is 27.0. The first-order chi connectivity index (χ1) is 19.3. The molecule has 0 rings (SSSR count). The van der Waals surface area contributed by atoms with Crippen molar-refractivity contribution in [3.8, 4) is 0 Å². The molecule has 0 spiro atoms. The monoisotopic (exact) mass is 587 g/mol. The van der Waals surface area contributed by atoms with E-state index in [1.54, 1.807) is 6.08 Å². The molecule has 40 heavy (non-hydrogen) atoms. The lowest BCUT2D eigenvalue weighted by Gasteiger charge is -2.21. The number of hydrogen-bond donors (Lipinski definition) is 3. The fourth-order valence-electron chi connectivity index (χ4n) is 5.15. The summed E-state index contributed by atoms with van der Waals surface area (Å²) in [7, 11) is -4.33. The molecular formula is C33H65NO5S. The summed E-state index contributed by atoms with van der Waals surface area (Å²) in [5.41, 5.74) is 0. The Kier molecular flexibility index (Phi) is 27.6. The molecule has 3 N–H and O–H groups in total. The Hall–Kier alpha value is -0.920. The SMILES string of the molecule is CCCCCCCCCCCCCC/C=C/C(O)C(CS(=O)(=O)O)NC(=O)CCCCCCCCCCCCC. The molecule has 0 aliphatic rings. The van der Waals surface area contributed by atoms with Gasteiger partial charge in [0.1, 0.15) is 0 Å². The van der Waals surface area contributed by atoms with Gasteiger partial charge in [0, 0.05) is 6.42 Å². The second-order valence-electron chi connectivity index (χ2n) is 11.8. The van der Waals surface area contributed by atoms with Crippen LogP contribution in [-0.4, -0.2) is 41.9 Å². The van der Waals surface area contributed by atoms with E-state index in [0.29, 0.717) is 6.42 Å². The summed E-state index contributed by atoms with van der Waals surface area (Å²) in [4.78, 5) is 12.4. The van der Waals surface area contributed by atoms with Crippen molar-refractivity contribution < 1.29 is 22.9 Å². The van der Waals surface area contributed by atoms with Gasteiger partial charge in [0.2, 0.25) is 5.91 Å². The second-order valence-corrected chi connectivity index (χ2v) is 13.3. The Balaban J connectivity index is 4.03. The third-order valence-electron chi connectivity index (χ3n) is 7.71. The van der Waals surface area contributed by atoms with Crippen molar-refractivity contribution in [2.45, 2.75) is 187 Å². The fourth-order valence-corrected chi connectivity index (χ4v) is 5.89. The Morgan fingerprint density at radius 3 is 1.43 bits per heavy atom. The van der Waals surface area contributed by atoms with Crippen LogP contribution in [0.3, 0.4) is 0 Å². The van der Waals surface area contributed by atoms with Crippen LogP contribution >= 0.6 is 0 Å². The third kappa shape index (κ3) is 28.6. The van der Waals surface area contributed by atoms with Crippen LogP contribution in [0.5, 0.6) is 0 Å². The van der Waals surface area contributed by atoms with E-state index < -0.39 is 28.0 Å². The largest absolute Gasteiger partial charge is 0.387 e. The van der Waals surface area contributed by atoms with Gasteiger partial charge in [0.05, 0.1) is 17.9 Å². The van der Waals surface area contributed by atoms with E-state index in [4.69, 9.17) is 0 Å². The van der Waals surface area contributed by atoms with E-state index in [0.717, 1.165) is 38.5 Å². The molecule has 0 saturated carbocycles. The molecule has 0 saturated heterocycles. The number of unbranched alkanes of at least 4 members (excludes halogenated alkanes) is 22. The molecule has 2 atom stereocenters. The minimum absolute atomic E-state index is 0.280. The average molecular weight is 588 g/mol. The predicted molar refractivity (Wildman–Crippen MR) is 170 cm³/mol. The van der Waals surface area contributed by atoms with Gasteiger partial charge in [0.15, 0.2) is 0 Å². The van der Waals surface area contributed by atoms with Crippen molar-refractivity contribution in [3.05, 3.63) is 12.2 Å². The van der Waals surface area contributed by atoms with E-state index in [9.17, 15) is 22.9 Å². The number of hydrogen-bond acceptors (Lipinski definition) is 4. The molecule has 0 aromatic heterocycles. The number of aliphatic hydroxyl groups is 1. The van der Waals surface area contributed by atoms with Gasteiger partial charge in [-0.25, -0.2) is 0 Å². The van der Waals surface area contributed by atoms with Crippen LogP contribution in [0.1, 0.15) is 174 Å². The van der Waals surface area contributed by atoms with E-state index >= 15 is 0 Å². The number of carbonyl (C=O) groups excluding carboxylic acids is 1. The Morgan fingerprint density at radius 2 is 1.02 bits per heavy atom. The maximum absolute atomic E-state index is 12.4. The fraction of sp³-hybridized carbons (Fsp3) is 0.909. The summed E-state index contributed by atoms with van der Waals surface area (Å²) < 4.78 is 32.2. The quantitative estimate of drug-likeness (QED) is 0.0442. The maximum atomic E-state index is 12.4. The van der Waals surface area contributed by atoms with Crippen LogP contribution in [0.4, 0.5) is 0 Å². The van der Waals surface area contributed by atoms with Gasteiger partial charge < -0.3 is 10.4 Å². The third-order valence-corrected chi connectivity index (χ3v) is 8.49. The average Bonchev–Trinajstić information content (AvgIpc) is 2.90. The van der Waals surface area contributed by atoms with Crippen LogP contribution in [0, 0.1) is 0 Å².